The van der Waals surface area contributed by atoms with Crippen LogP contribution in [0.1, 0.15) is 65.9 Å². The summed E-state index contributed by atoms with van der Waals surface area (Å²) < 4.78 is 5.24. The molecule has 10 nitrogen and oxygen atoms in total. The van der Waals surface area contributed by atoms with Gasteiger partial charge in [0.25, 0.3) is 0 Å². The molecule has 0 saturated carbocycles. The van der Waals surface area contributed by atoms with E-state index < -0.39 is 24.0 Å². The summed E-state index contributed by atoms with van der Waals surface area (Å²) >= 11 is 0. The normalized spacial score (nSPS) is 22.5. The third kappa shape index (κ3) is 11.8. The maximum atomic E-state index is 13.7. The molecule has 1 heterocycles. The zero-order chi connectivity index (χ0) is 31.2. The van der Waals surface area contributed by atoms with E-state index in [1.54, 1.807) is 33.2 Å². The minimum Gasteiger partial charge on any atom is -0.497 e. The van der Waals surface area contributed by atoms with Crippen LogP contribution in [-0.4, -0.2) is 91.9 Å². The molecule has 0 radical (unpaired) electrons. The summed E-state index contributed by atoms with van der Waals surface area (Å²) in [7, 11) is 3.15. The summed E-state index contributed by atoms with van der Waals surface area (Å²) in [5.74, 6) is -0.412. The van der Waals surface area contributed by atoms with Crippen LogP contribution in [0.2, 0.25) is 0 Å². The molecular weight excluding hydrogens is 534 g/mol. The Morgan fingerprint density at radius 3 is 2.29 bits per heavy atom. The Labute approximate surface area is 251 Å². The van der Waals surface area contributed by atoms with E-state index >= 15 is 0 Å². The Morgan fingerprint density at radius 2 is 1.67 bits per heavy atom. The molecule has 0 unspecified atom stereocenters. The first kappa shape index (κ1) is 34.8. The highest BCUT2D eigenvalue weighted by atomic mass is 16.5. The molecule has 234 valence electrons. The van der Waals surface area contributed by atoms with Crippen molar-refractivity contribution < 1.29 is 23.9 Å². The van der Waals surface area contributed by atoms with Crippen molar-refractivity contribution in [2.24, 2.45) is 5.92 Å². The van der Waals surface area contributed by atoms with Gasteiger partial charge < -0.3 is 25.6 Å². The molecule has 1 aliphatic rings. The molecule has 1 fully saturated rings. The number of benzene rings is 1. The van der Waals surface area contributed by atoms with E-state index in [-0.39, 0.29) is 30.1 Å². The average Bonchev–Trinajstić information content (AvgIpc) is 2.95. The number of carbonyl (C=O) groups excluding carboxylic acids is 4. The van der Waals surface area contributed by atoms with E-state index in [0.717, 1.165) is 31.6 Å². The highest BCUT2D eigenvalue weighted by molar-refractivity contribution is 5.94. The van der Waals surface area contributed by atoms with Crippen LogP contribution in [0.5, 0.6) is 5.75 Å². The van der Waals surface area contributed by atoms with Crippen molar-refractivity contribution in [3.63, 3.8) is 0 Å². The first-order chi connectivity index (χ1) is 19.9. The smallest absolute Gasteiger partial charge is 0.245 e. The van der Waals surface area contributed by atoms with Crippen molar-refractivity contribution in [1.82, 2.24) is 25.8 Å². The number of hydrogen-bond acceptors (Lipinski definition) is 6. The van der Waals surface area contributed by atoms with E-state index in [2.05, 4.69) is 40.8 Å². The summed E-state index contributed by atoms with van der Waals surface area (Å²) in [5.41, 5.74) is 2.04. The molecule has 3 atom stereocenters. The van der Waals surface area contributed by atoms with Gasteiger partial charge in [0, 0.05) is 39.5 Å². The number of nitrogens with one attached hydrogen (secondary N) is 3. The molecule has 42 heavy (non-hydrogen) atoms. The lowest BCUT2D eigenvalue weighted by atomic mass is 10.00. The number of rotatable bonds is 7. The molecule has 10 heteroatoms. The standard InChI is InChI=1S/C32H51N5O5/c1-22(2)15-19-37-17-8-10-29(38)34-27(20-23(3)4)31(40)35-28(21-25-11-13-26(42-7)14-12-25)32(41)36(6)24(5)30(39)33-16-9-18-37/h11-15,23-24,27-28H,8-10,16-21H2,1-7H3,(H,33,39)(H,34,38)(H,35,40)/t24-,27+,28-/m0/s1. The minimum absolute atomic E-state index is 0.139. The molecule has 0 bridgehead atoms. The lowest BCUT2D eigenvalue weighted by molar-refractivity contribution is -0.141. The Hall–Kier alpha value is -3.40. The Kier molecular flexibility index (Phi) is 14.5. The number of carbonyl (C=O) groups is 4. The summed E-state index contributed by atoms with van der Waals surface area (Å²) in [6.45, 7) is 12.5. The van der Waals surface area contributed by atoms with Gasteiger partial charge in [-0.2, -0.15) is 0 Å². The Bertz CT molecular complexity index is 1070. The van der Waals surface area contributed by atoms with E-state index in [9.17, 15) is 19.2 Å². The highest BCUT2D eigenvalue weighted by Crippen LogP contribution is 2.15. The predicted molar refractivity (Wildman–Crippen MR) is 165 cm³/mol. The van der Waals surface area contributed by atoms with Gasteiger partial charge in [0.15, 0.2) is 0 Å². The van der Waals surface area contributed by atoms with E-state index in [1.807, 2.05) is 26.0 Å². The molecule has 2 rings (SSSR count). The molecule has 1 aromatic rings. The number of ether oxygens (including phenoxy) is 1. The van der Waals surface area contributed by atoms with Crippen molar-refractivity contribution >= 4 is 23.6 Å². The van der Waals surface area contributed by atoms with Gasteiger partial charge >= 0.3 is 0 Å². The first-order valence-corrected chi connectivity index (χ1v) is 15.0. The first-order valence-electron chi connectivity index (χ1n) is 15.0. The van der Waals surface area contributed by atoms with Gasteiger partial charge in [0.2, 0.25) is 23.6 Å². The molecule has 0 aromatic heterocycles. The summed E-state index contributed by atoms with van der Waals surface area (Å²) in [6, 6.07) is 4.83. The van der Waals surface area contributed by atoms with Gasteiger partial charge in [-0.1, -0.05) is 37.6 Å². The van der Waals surface area contributed by atoms with Crippen LogP contribution >= 0.6 is 0 Å². The number of allylic oxidation sites excluding steroid dienone is 1. The molecule has 0 spiro atoms. The number of nitrogens with zero attached hydrogens (tertiary/aromatic N) is 2. The predicted octanol–water partition coefficient (Wildman–Crippen LogP) is 2.67. The second kappa shape index (κ2) is 17.5. The topological polar surface area (TPSA) is 120 Å². The van der Waals surface area contributed by atoms with Crippen LogP contribution in [0.4, 0.5) is 0 Å². The van der Waals surface area contributed by atoms with Gasteiger partial charge in [0.1, 0.15) is 23.9 Å². The molecule has 4 amide bonds. The van der Waals surface area contributed by atoms with Gasteiger partial charge in [-0.3, -0.25) is 24.1 Å². The summed E-state index contributed by atoms with van der Waals surface area (Å²) in [4.78, 5) is 56.9. The zero-order valence-corrected chi connectivity index (χ0v) is 26.5. The van der Waals surface area contributed by atoms with Crippen molar-refractivity contribution in [3.05, 3.63) is 41.5 Å². The van der Waals surface area contributed by atoms with E-state index in [1.165, 1.54) is 10.5 Å². The fourth-order valence-corrected chi connectivity index (χ4v) is 4.78. The third-order valence-corrected chi connectivity index (χ3v) is 7.47. The van der Waals surface area contributed by atoms with Gasteiger partial charge in [-0.25, -0.2) is 0 Å². The van der Waals surface area contributed by atoms with Crippen molar-refractivity contribution in [1.29, 1.82) is 0 Å². The SMILES string of the molecule is COc1ccc(C[C@@H]2NC(=O)[C@@H](CC(C)C)NC(=O)CCCN(CC=C(C)C)CCCNC(=O)[C@H](C)N(C)C2=O)cc1. The minimum atomic E-state index is -0.930. The Balaban J connectivity index is 2.33. The lowest BCUT2D eigenvalue weighted by Gasteiger charge is -2.30. The van der Waals surface area contributed by atoms with Crippen LogP contribution in [0.15, 0.2) is 35.9 Å². The Morgan fingerprint density at radius 1 is 1.00 bits per heavy atom. The highest BCUT2D eigenvalue weighted by Gasteiger charge is 2.32. The lowest BCUT2D eigenvalue weighted by Crippen LogP contribution is -2.57. The van der Waals surface area contributed by atoms with E-state index in [0.29, 0.717) is 31.6 Å². The van der Waals surface area contributed by atoms with Crippen molar-refractivity contribution in [2.75, 3.05) is 40.3 Å². The van der Waals surface area contributed by atoms with Gasteiger partial charge in [-0.15, -0.1) is 0 Å². The van der Waals surface area contributed by atoms with Crippen molar-refractivity contribution in [3.8, 4) is 5.75 Å². The van der Waals surface area contributed by atoms with Crippen molar-refractivity contribution in [2.45, 2.75) is 84.8 Å². The second-order valence-electron chi connectivity index (χ2n) is 11.8. The second-order valence-corrected chi connectivity index (χ2v) is 11.8. The molecule has 3 N–H and O–H groups in total. The molecule has 0 aliphatic carbocycles. The number of methoxy groups -OCH3 is 1. The van der Waals surface area contributed by atoms with Crippen LogP contribution in [-0.2, 0) is 25.6 Å². The number of amides is 4. The average molecular weight is 586 g/mol. The fraction of sp³-hybridized carbons (Fsp3) is 0.625. The van der Waals surface area contributed by atoms with E-state index in [4.69, 9.17) is 4.74 Å². The van der Waals surface area contributed by atoms with Gasteiger partial charge in [0.05, 0.1) is 7.11 Å². The maximum Gasteiger partial charge on any atom is 0.245 e. The summed E-state index contributed by atoms with van der Waals surface area (Å²) in [5, 5.41) is 8.78. The van der Waals surface area contributed by atoms with Gasteiger partial charge in [-0.05, 0) is 70.2 Å². The molecule has 1 aromatic carbocycles. The van der Waals surface area contributed by atoms with Crippen LogP contribution in [0, 0.1) is 5.92 Å². The van der Waals surface area contributed by atoms with Crippen LogP contribution < -0.4 is 20.7 Å². The molecular formula is C32H51N5O5. The number of likely N-dealkylation sites (N-methyl/N-ethyl adjacent to an activating group) is 1. The van der Waals surface area contributed by atoms with Crippen LogP contribution in [0.3, 0.4) is 0 Å². The largest absolute Gasteiger partial charge is 0.497 e. The molecule has 1 saturated heterocycles. The summed E-state index contributed by atoms with van der Waals surface area (Å²) in [6.07, 6.45) is 4.48. The zero-order valence-electron chi connectivity index (χ0n) is 26.5. The fourth-order valence-electron chi connectivity index (χ4n) is 4.78. The third-order valence-electron chi connectivity index (χ3n) is 7.47. The maximum absolute atomic E-state index is 13.7. The quantitative estimate of drug-likeness (QED) is 0.424. The van der Waals surface area contributed by atoms with Crippen LogP contribution in [0.25, 0.3) is 0 Å². The number of hydrogen-bond donors (Lipinski definition) is 3. The molecule has 1 aliphatic heterocycles. The monoisotopic (exact) mass is 585 g/mol.